The van der Waals surface area contributed by atoms with Crippen molar-refractivity contribution in [3.8, 4) is 0 Å². The van der Waals surface area contributed by atoms with Crippen molar-refractivity contribution in [3.63, 3.8) is 0 Å². The fourth-order valence-corrected chi connectivity index (χ4v) is 3.66. The highest BCUT2D eigenvalue weighted by Crippen LogP contribution is 2.26. The second kappa shape index (κ2) is 8.67. The van der Waals surface area contributed by atoms with E-state index in [4.69, 9.17) is 0 Å². The zero-order chi connectivity index (χ0) is 19.2. The number of carbonyl (C=O) groups is 2. The molecule has 27 heavy (non-hydrogen) atoms. The van der Waals surface area contributed by atoms with Crippen molar-refractivity contribution in [2.75, 3.05) is 13.1 Å². The Morgan fingerprint density at radius 3 is 1.52 bits per heavy atom. The third-order valence-corrected chi connectivity index (χ3v) is 4.82. The molecule has 3 rings (SSSR count). The van der Waals surface area contributed by atoms with Crippen LogP contribution in [0, 0.1) is 0 Å². The van der Waals surface area contributed by atoms with Gasteiger partial charge in [-0.25, -0.2) is 0 Å². The van der Waals surface area contributed by atoms with Crippen LogP contribution in [-0.4, -0.2) is 34.5 Å². The molecule has 0 aromatic heterocycles. The number of Topliss-reactive ketones (excluding diaryl/α,β-unsaturated/α-hetero) is 2. The van der Waals surface area contributed by atoms with Crippen molar-refractivity contribution in [3.05, 3.63) is 83.2 Å². The highest BCUT2D eigenvalue weighted by molar-refractivity contribution is 6.18. The van der Waals surface area contributed by atoms with E-state index in [1.165, 1.54) is 25.0 Å². The van der Waals surface area contributed by atoms with Gasteiger partial charge in [-0.15, -0.1) is 0 Å². The van der Waals surface area contributed by atoms with Crippen molar-refractivity contribution < 1.29 is 9.59 Å². The lowest BCUT2D eigenvalue weighted by Crippen LogP contribution is -2.44. The first-order valence-electron chi connectivity index (χ1n) is 9.40. The molecule has 0 N–H and O–H groups in total. The summed E-state index contributed by atoms with van der Waals surface area (Å²) in [6, 6.07) is 20.4. The third-order valence-electron chi connectivity index (χ3n) is 4.82. The summed E-state index contributed by atoms with van der Waals surface area (Å²) in [5.74, 6) is 0.431. The van der Waals surface area contributed by atoms with Gasteiger partial charge in [0.1, 0.15) is 11.4 Å². The highest BCUT2D eigenvalue weighted by Gasteiger charge is 2.29. The van der Waals surface area contributed by atoms with Crippen LogP contribution < -0.4 is 0 Å². The number of benzene rings is 2. The maximum atomic E-state index is 12.3. The first-order valence-corrected chi connectivity index (χ1v) is 9.40. The summed E-state index contributed by atoms with van der Waals surface area (Å²) in [5.41, 5.74) is 2.65. The molecule has 0 spiro atoms. The van der Waals surface area contributed by atoms with Crippen molar-refractivity contribution in [2.24, 2.45) is 0 Å². The van der Waals surface area contributed by atoms with Crippen LogP contribution in [0.2, 0.25) is 0 Å². The minimum Gasteiger partial charge on any atom is -0.353 e. The van der Waals surface area contributed by atoms with Crippen LogP contribution in [0.15, 0.2) is 72.1 Å². The normalized spacial score (nSPS) is 14.2. The van der Waals surface area contributed by atoms with E-state index in [2.05, 4.69) is 34.1 Å². The summed E-state index contributed by atoms with van der Waals surface area (Å²) in [6.07, 6.45) is 0.992. The highest BCUT2D eigenvalue weighted by atomic mass is 16.1. The summed E-state index contributed by atoms with van der Waals surface area (Å²) in [4.78, 5) is 29.1. The lowest BCUT2D eigenvalue weighted by atomic mass is 10.0. The van der Waals surface area contributed by atoms with Crippen LogP contribution in [0.3, 0.4) is 0 Å². The number of rotatable bonds is 6. The minimum absolute atomic E-state index is 0.171. The molecule has 4 nitrogen and oxygen atoms in total. The number of hydrogen-bond acceptors (Lipinski definition) is 4. The van der Waals surface area contributed by atoms with Crippen LogP contribution in [0.5, 0.6) is 0 Å². The molecular formula is C23H26N2O2. The smallest absolute Gasteiger partial charge is 0.167 e. The molecule has 0 amide bonds. The van der Waals surface area contributed by atoms with Gasteiger partial charge in [0.15, 0.2) is 11.6 Å². The Bertz CT molecular complexity index is 760. The third kappa shape index (κ3) is 4.64. The van der Waals surface area contributed by atoms with Gasteiger partial charge >= 0.3 is 0 Å². The van der Waals surface area contributed by atoms with Crippen LogP contribution in [-0.2, 0) is 22.7 Å². The van der Waals surface area contributed by atoms with Gasteiger partial charge in [-0.2, -0.15) is 0 Å². The summed E-state index contributed by atoms with van der Waals surface area (Å²) in [6.45, 7) is 6.01. The molecule has 1 fully saturated rings. The van der Waals surface area contributed by atoms with E-state index in [1.807, 2.05) is 36.4 Å². The molecule has 2 aromatic rings. The average molecular weight is 362 g/mol. The molecule has 0 radical (unpaired) electrons. The zero-order valence-corrected chi connectivity index (χ0v) is 16.0. The first kappa shape index (κ1) is 18.9. The molecule has 1 aliphatic rings. The molecule has 1 aliphatic heterocycles. The molecule has 0 unspecified atom stereocenters. The SMILES string of the molecule is CC(=O)C(C(C)=O)=C1N(Cc2ccccc2)CCCN1Cc1ccccc1. The molecule has 4 heteroatoms. The van der Waals surface area contributed by atoms with Gasteiger partial charge in [-0.05, 0) is 31.4 Å². The van der Waals surface area contributed by atoms with Gasteiger partial charge in [0, 0.05) is 26.2 Å². The van der Waals surface area contributed by atoms with Crippen LogP contribution in [0.1, 0.15) is 31.4 Å². The fourth-order valence-electron chi connectivity index (χ4n) is 3.66. The number of hydrogen-bond donors (Lipinski definition) is 0. The Kier molecular flexibility index (Phi) is 6.07. The molecule has 0 atom stereocenters. The molecule has 2 aromatic carbocycles. The van der Waals surface area contributed by atoms with Gasteiger partial charge in [-0.1, -0.05) is 60.7 Å². The largest absolute Gasteiger partial charge is 0.353 e. The van der Waals surface area contributed by atoms with Crippen molar-refractivity contribution >= 4 is 11.6 Å². The molecule has 0 saturated carbocycles. The summed E-state index contributed by atoms with van der Waals surface area (Å²) in [7, 11) is 0. The van der Waals surface area contributed by atoms with E-state index in [-0.39, 0.29) is 11.6 Å². The minimum atomic E-state index is -0.171. The molecule has 140 valence electrons. The number of ketones is 2. The monoisotopic (exact) mass is 362 g/mol. The second-order valence-electron chi connectivity index (χ2n) is 6.98. The lowest BCUT2D eigenvalue weighted by molar-refractivity contribution is -0.119. The zero-order valence-electron chi connectivity index (χ0n) is 16.0. The number of nitrogens with zero attached hydrogens (tertiary/aromatic N) is 2. The molecule has 0 bridgehead atoms. The predicted molar refractivity (Wildman–Crippen MR) is 107 cm³/mol. The summed E-state index contributed by atoms with van der Waals surface area (Å²) < 4.78 is 0. The Hall–Kier alpha value is -2.88. The molecule has 1 saturated heterocycles. The standard InChI is InChI=1S/C23H26N2O2/c1-18(26)22(19(2)27)23-24(16-20-10-5-3-6-11-20)14-9-15-25(23)17-21-12-7-4-8-13-21/h3-8,10-13H,9,14-17H2,1-2H3. The number of allylic oxidation sites excluding steroid dienone is 1. The Morgan fingerprint density at radius 1 is 0.741 bits per heavy atom. The van der Waals surface area contributed by atoms with Gasteiger partial charge in [0.2, 0.25) is 0 Å². The van der Waals surface area contributed by atoms with Crippen LogP contribution in [0.4, 0.5) is 0 Å². The van der Waals surface area contributed by atoms with Gasteiger partial charge < -0.3 is 9.80 Å². The van der Waals surface area contributed by atoms with Crippen molar-refractivity contribution in [1.29, 1.82) is 0 Å². The maximum absolute atomic E-state index is 12.3. The van der Waals surface area contributed by atoms with Crippen molar-refractivity contribution in [1.82, 2.24) is 9.80 Å². The van der Waals surface area contributed by atoms with Crippen LogP contribution >= 0.6 is 0 Å². The average Bonchev–Trinajstić information content (AvgIpc) is 2.65. The summed E-state index contributed by atoms with van der Waals surface area (Å²) in [5, 5.41) is 0. The van der Waals surface area contributed by atoms with E-state index in [1.54, 1.807) is 0 Å². The van der Waals surface area contributed by atoms with Gasteiger partial charge in [-0.3, -0.25) is 9.59 Å². The quantitative estimate of drug-likeness (QED) is 0.445. The maximum Gasteiger partial charge on any atom is 0.167 e. The van der Waals surface area contributed by atoms with Crippen molar-refractivity contribution in [2.45, 2.75) is 33.4 Å². The molecular weight excluding hydrogens is 336 g/mol. The van der Waals surface area contributed by atoms with Gasteiger partial charge in [0.05, 0.1) is 0 Å². The second-order valence-corrected chi connectivity index (χ2v) is 6.98. The Morgan fingerprint density at radius 2 is 1.15 bits per heavy atom. The molecule has 1 heterocycles. The fraction of sp³-hybridized carbons (Fsp3) is 0.304. The Balaban J connectivity index is 2.00. The van der Waals surface area contributed by atoms with E-state index >= 15 is 0 Å². The van der Waals surface area contributed by atoms with E-state index in [0.717, 1.165) is 25.3 Å². The molecule has 0 aliphatic carbocycles. The lowest BCUT2D eigenvalue weighted by Gasteiger charge is -2.42. The predicted octanol–water partition coefficient (Wildman–Crippen LogP) is 3.78. The van der Waals surface area contributed by atoms with Gasteiger partial charge in [0.25, 0.3) is 0 Å². The van der Waals surface area contributed by atoms with Crippen LogP contribution in [0.25, 0.3) is 0 Å². The topological polar surface area (TPSA) is 40.6 Å². The Labute approximate surface area is 161 Å². The van der Waals surface area contributed by atoms with E-state index in [0.29, 0.717) is 18.7 Å². The van der Waals surface area contributed by atoms with E-state index < -0.39 is 0 Å². The van der Waals surface area contributed by atoms with E-state index in [9.17, 15) is 9.59 Å². The summed E-state index contributed by atoms with van der Waals surface area (Å²) >= 11 is 0. The number of carbonyl (C=O) groups excluding carboxylic acids is 2. The first-order chi connectivity index (χ1) is 13.1.